The molecule has 1 saturated heterocycles. The van der Waals surface area contributed by atoms with E-state index in [2.05, 4.69) is 14.6 Å². The summed E-state index contributed by atoms with van der Waals surface area (Å²) in [5.74, 6) is 0.965. The number of hydrogen-bond donors (Lipinski definition) is 1. The highest BCUT2D eigenvalue weighted by molar-refractivity contribution is 7.89. The van der Waals surface area contributed by atoms with E-state index in [-0.39, 0.29) is 11.4 Å². The largest absolute Gasteiger partial charge is 0.357 e. The van der Waals surface area contributed by atoms with Crippen molar-refractivity contribution in [2.75, 3.05) is 18.0 Å². The van der Waals surface area contributed by atoms with Gasteiger partial charge >= 0.3 is 0 Å². The van der Waals surface area contributed by atoms with Gasteiger partial charge in [-0.3, -0.25) is 0 Å². The maximum Gasteiger partial charge on any atom is 0.240 e. The summed E-state index contributed by atoms with van der Waals surface area (Å²) in [6, 6.07) is 12.3. The molecule has 2 heterocycles. The predicted molar refractivity (Wildman–Crippen MR) is 86.2 cm³/mol. The maximum absolute atomic E-state index is 12.1. The molecule has 0 bridgehead atoms. The summed E-state index contributed by atoms with van der Waals surface area (Å²) >= 11 is 0. The van der Waals surface area contributed by atoms with Gasteiger partial charge in [-0.1, -0.05) is 24.3 Å². The van der Waals surface area contributed by atoms with Crippen LogP contribution < -0.4 is 9.62 Å². The van der Waals surface area contributed by atoms with Crippen LogP contribution in [0.5, 0.6) is 0 Å². The van der Waals surface area contributed by atoms with E-state index in [0.29, 0.717) is 0 Å². The van der Waals surface area contributed by atoms with E-state index >= 15 is 0 Å². The summed E-state index contributed by atoms with van der Waals surface area (Å²) in [5.41, 5.74) is 0.849. The number of nitrogens with one attached hydrogen (secondary N) is 1. The average Bonchev–Trinajstić information content (AvgIpc) is 3.09. The first kappa shape index (κ1) is 15.0. The van der Waals surface area contributed by atoms with Crippen molar-refractivity contribution in [3.63, 3.8) is 0 Å². The third-order valence-corrected chi connectivity index (χ3v) is 5.18. The van der Waals surface area contributed by atoms with Gasteiger partial charge in [0.15, 0.2) is 0 Å². The van der Waals surface area contributed by atoms with Crippen molar-refractivity contribution in [3.05, 3.63) is 54.2 Å². The number of aromatic nitrogens is 1. The normalized spacial score (nSPS) is 15.2. The van der Waals surface area contributed by atoms with Crippen LogP contribution in [0.3, 0.4) is 0 Å². The Kier molecular flexibility index (Phi) is 4.40. The van der Waals surface area contributed by atoms with Crippen LogP contribution in [-0.4, -0.2) is 26.5 Å². The SMILES string of the molecule is O=S(=O)(NCc1ccc(N2CCCC2)nc1)c1ccccc1. The molecular weight excluding hydrogens is 298 g/mol. The van der Waals surface area contributed by atoms with E-state index in [4.69, 9.17) is 0 Å². The molecular formula is C16H19N3O2S. The molecule has 1 fully saturated rings. The lowest BCUT2D eigenvalue weighted by Gasteiger charge is -2.16. The number of benzene rings is 1. The molecule has 0 saturated carbocycles. The molecule has 0 amide bonds. The van der Waals surface area contributed by atoms with Crippen molar-refractivity contribution in [1.29, 1.82) is 0 Å². The Bertz CT molecular complexity index is 709. The first-order chi connectivity index (χ1) is 10.6. The minimum absolute atomic E-state index is 0.241. The summed E-state index contributed by atoms with van der Waals surface area (Å²) in [5, 5.41) is 0. The Morgan fingerprint density at radius 2 is 1.77 bits per heavy atom. The van der Waals surface area contributed by atoms with Crippen LogP contribution in [0.25, 0.3) is 0 Å². The van der Waals surface area contributed by atoms with Crippen LogP contribution in [0, 0.1) is 0 Å². The molecule has 5 nitrogen and oxygen atoms in total. The zero-order valence-corrected chi connectivity index (χ0v) is 13.1. The Labute approximate surface area is 131 Å². The van der Waals surface area contributed by atoms with Crippen molar-refractivity contribution < 1.29 is 8.42 Å². The first-order valence-electron chi connectivity index (χ1n) is 7.40. The van der Waals surface area contributed by atoms with E-state index in [1.807, 2.05) is 12.1 Å². The van der Waals surface area contributed by atoms with Gasteiger partial charge in [-0.15, -0.1) is 0 Å². The molecule has 2 aromatic rings. The maximum atomic E-state index is 12.1. The molecule has 1 aromatic heterocycles. The second-order valence-electron chi connectivity index (χ2n) is 5.36. The van der Waals surface area contributed by atoms with E-state index in [9.17, 15) is 8.42 Å². The summed E-state index contributed by atoms with van der Waals surface area (Å²) in [6.07, 6.45) is 4.15. The van der Waals surface area contributed by atoms with Crippen LogP contribution >= 0.6 is 0 Å². The van der Waals surface area contributed by atoms with Gasteiger partial charge in [0.05, 0.1) is 4.90 Å². The molecule has 0 spiro atoms. The molecule has 1 aromatic carbocycles. The average molecular weight is 317 g/mol. The number of sulfonamides is 1. The zero-order chi connectivity index (χ0) is 15.4. The minimum Gasteiger partial charge on any atom is -0.357 e. The summed E-state index contributed by atoms with van der Waals surface area (Å²) in [6.45, 7) is 2.34. The molecule has 1 aliphatic rings. The molecule has 1 aliphatic heterocycles. The van der Waals surface area contributed by atoms with Gasteiger partial charge in [0.1, 0.15) is 5.82 Å². The number of rotatable bonds is 5. The van der Waals surface area contributed by atoms with Crippen LogP contribution in [0.1, 0.15) is 18.4 Å². The van der Waals surface area contributed by atoms with Gasteiger partial charge in [0, 0.05) is 25.8 Å². The van der Waals surface area contributed by atoms with Crippen LogP contribution in [0.4, 0.5) is 5.82 Å². The van der Waals surface area contributed by atoms with Crippen molar-refractivity contribution in [2.45, 2.75) is 24.3 Å². The van der Waals surface area contributed by atoms with Crippen molar-refractivity contribution in [3.8, 4) is 0 Å². The Hall–Kier alpha value is -1.92. The highest BCUT2D eigenvalue weighted by Crippen LogP contribution is 2.17. The first-order valence-corrected chi connectivity index (χ1v) is 8.88. The van der Waals surface area contributed by atoms with Gasteiger partial charge in [0.25, 0.3) is 0 Å². The lowest BCUT2D eigenvalue weighted by molar-refractivity contribution is 0.581. The van der Waals surface area contributed by atoms with Gasteiger partial charge in [0.2, 0.25) is 10.0 Å². The number of hydrogen-bond acceptors (Lipinski definition) is 4. The molecule has 0 aliphatic carbocycles. The van der Waals surface area contributed by atoms with Gasteiger partial charge in [-0.2, -0.15) is 0 Å². The molecule has 0 atom stereocenters. The fourth-order valence-corrected chi connectivity index (χ4v) is 3.55. The number of nitrogens with zero attached hydrogens (tertiary/aromatic N) is 2. The van der Waals surface area contributed by atoms with Crippen molar-refractivity contribution in [2.24, 2.45) is 0 Å². The van der Waals surface area contributed by atoms with Crippen LogP contribution in [-0.2, 0) is 16.6 Å². The quantitative estimate of drug-likeness (QED) is 0.918. The third-order valence-electron chi connectivity index (χ3n) is 3.76. The van der Waals surface area contributed by atoms with Gasteiger partial charge in [-0.05, 0) is 36.6 Å². The van der Waals surface area contributed by atoms with E-state index in [1.54, 1.807) is 36.5 Å². The minimum atomic E-state index is -3.47. The van der Waals surface area contributed by atoms with Crippen LogP contribution in [0.2, 0.25) is 0 Å². The topological polar surface area (TPSA) is 62.3 Å². The number of pyridine rings is 1. The van der Waals surface area contributed by atoms with E-state index < -0.39 is 10.0 Å². The number of anilines is 1. The second-order valence-corrected chi connectivity index (χ2v) is 7.12. The summed E-state index contributed by atoms with van der Waals surface area (Å²) < 4.78 is 26.9. The predicted octanol–water partition coefficient (Wildman–Crippen LogP) is 2.16. The molecule has 3 rings (SSSR count). The van der Waals surface area contributed by atoms with Gasteiger partial charge < -0.3 is 4.90 Å². The molecule has 1 N–H and O–H groups in total. The van der Waals surface area contributed by atoms with Gasteiger partial charge in [-0.25, -0.2) is 18.1 Å². The molecule has 6 heteroatoms. The Morgan fingerprint density at radius 1 is 1.05 bits per heavy atom. The Balaban J connectivity index is 1.64. The van der Waals surface area contributed by atoms with Crippen LogP contribution in [0.15, 0.2) is 53.6 Å². The molecule has 22 heavy (non-hydrogen) atoms. The molecule has 0 unspecified atom stereocenters. The Morgan fingerprint density at radius 3 is 2.41 bits per heavy atom. The fraction of sp³-hybridized carbons (Fsp3) is 0.312. The summed E-state index contributed by atoms with van der Waals surface area (Å²) in [7, 11) is -3.47. The van der Waals surface area contributed by atoms with Crippen molar-refractivity contribution >= 4 is 15.8 Å². The highest BCUT2D eigenvalue weighted by atomic mass is 32.2. The molecule has 0 radical (unpaired) electrons. The lowest BCUT2D eigenvalue weighted by Crippen LogP contribution is -2.23. The van der Waals surface area contributed by atoms with Crippen molar-refractivity contribution in [1.82, 2.24) is 9.71 Å². The fourth-order valence-electron chi connectivity index (χ4n) is 2.52. The standard InChI is InChI=1S/C16H19N3O2S/c20-22(21,15-6-2-1-3-7-15)18-13-14-8-9-16(17-12-14)19-10-4-5-11-19/h1-3,6-9,12,18H,4-5,10-11,13H2. The monoisotopic (exact) mass is 317 g/mol. The summed E-state index contributed by atoms with van der Waals surface area (Å²) in [4.78, 5) is 6.95. The second kappa shape index (κ2) is 6.46. The molecule has 116 valence electrons. The third kappa shape index (κ3) is 3.45. The van der Waals surface area contributed by atoms with E-state index in [0.717, 1.165) is 24.5 Å². The lowest BCUT2D eigenvalue weighted by atomic mass is 10.3. The highest BCUT2D eigenvalue weighted by Gasteiger charge is 2.14. The van der Waals surface area contributed by atoms with E-state index in [1.165, 1.54) is 12.8 Å². The zero-order valence-electron chi connectivity index (χ0n) is 12.3. The smallest absolute Gasteiger partial charge is 0.240 e.